The van der Waals surface area contributed by atoms with Crippen molar-refractivity contribution in [3.05, 3.63) is 136 Å². The lowest BCUT2D eigenvalue weighted by Gasteiger charge is -2.01. The molecule has 0 bridgehead atoms. The molecule has 0 amide bonds. The number of nitrogens with two attached hydrogens (primary N) is 1. The summed E-state index contributed by atoms with van der Waals surface area (Å²) in [6.07, 6.45) is 0. The predicted octanol–water partition coefficient (Wildman–Crippen LogP) is 12.9. The number of nitro benzene ring substituents is 3. The second-order valence-electron chi connectivity index (χ2n) is 9.01. The molecule has 0 heterocycles. The van der Waals surface area contributed by atoms with Crippen molar-refractivity contribution in [1.82, 2.24) is 0 Å². The summed E-state index contributed by atoms with van der Waals surface area (Å²) in [7, 11) is 13.3. The van der Waals surface area contributed by atoms with Gasteiger partial charge in [0.15, 0.2) is 0 Å². The maximum Gasteiger partial charge on any atom is 0.292 e. The largest absolute Gasteiger partial charge is 0.397 e. The molecule has 58 heavy (non-hydrogen) atoms. The fourth-order valence-electron chi connectivity index (χ4n) is 2.93. The summed E-state index contributed by atoms with van der Waals surface area (Å²) < 4.78 is 13.8. The van der Waals surface area contributed by atoms with E-state index >= 15 is 0 Å². The maximum absolute atomic E-state index is 10.3. The highest BCUT2D eigenvalue weighted by Gasteiger charge is 2.10. The van der Waals surface area contributed by atoms with Crippen LogP contribution in [0.3, 0.4) is 0 Å². The molecule has 0 saturated heterocycles. The Hall–Kier alpha value is -4.68. The van der Waals surface area contributed by atoms with E-state index in [1.807, 2.05) is 93.6 Å². The van der Waals surface area contributed by atoms with Gasteiger partial charge in [0.2, 0.25) is 0 Å². The highest BCUT2D eigenvalue weighted by molar-refractivity contribution is 9.11. The molecule has 0 radical (unpaired) electrons. The first kappa shape index (κ1) is 68.0. The summed E-state index contributed by atoms with van der Waals surface area (Å²) in [5, 5.41) is 36.6. The molecule has 4 aromatic rings. The number of nitrogens with zero attached hydrogens (tertiary/aromatic N) is 3. The van der Waals surface area contributed by atoms with Gasteiger partial charge in [-0.05, 0) is 74.7 Å². The third-order valence-electron chi connectivity index (χ3n) is 4.95. The number of anilines is 3. The molecule has 332 valence electrons. The van der Waals surface area contributed by atoms with E-state index in [0.29, 0.717) is 14.6 Å². The Morgan fingerprint density at radius 2 is 0.810 bits per heavy atom. The number of halogens is 2. The number of benzene rings is 4. The van der Waals surface area contributed by atoms with Crippen molar-refractivity contribution < 1.29 is 29.0 Å². The Bertz CT molecular complexity index is 1530. The van der Waals surface area contributed by atoms with Gasteiger partial charge in [0.25, 0.3) is 17.1 Å². The molecule has 4 aromatic carbocycles. The first-order valence-corrected chi connectivity index (χ1v) is 19.7. The minimum absolute atomic E-state index is 0.0995. The van der Waals surface area contributed by atoms with Crippen LogP contribution >= 0.6 is 31.9 Å². The highest BCUT2D eigenvalue weighted by Crippen LogP contribution is 2.25. The number of nitrogens with one attached hydrogen (secondary N) is 2. The molecule has 0 atom stereocenters. The highest BCUT2D eigenvalue weighted by atomic mass is 79.9. The molecule has 0 spiro atoms. The van der Waals surface area contributed by atoms with Crippen LogP contribution in [0.4, 0.5) is 34.1 Å². The number of nitrogen functional groups attached to an aromatic ring is 1. The third-order valence-corrected chi connectivity index (χ3v) is 6.25. The fourth-order valence-corrected chi connectivity index (χ4v) is 4.00. The van der Waals surface area contributed by atoms with E-state index in [1.54, 1.807) is 98.2 Å². The summed E-state index contributed by atoms with van der Waals surface area (Å²) in [5.74, 6) is 0. The Balaban J connectivity index is -0.000000106. The standard InChI is InChI=1S/C7H6BrNO2.C7H8N2O2.C7H10N2.C6H4BrNO2.3C2H6O.4C2H6/c1-5-2-3-7(9(10)11)6(8)4-5;1-8-6-4-2-3-5-7(6)9(10)11;1-9-7-5-3-2-4-6(7)8;7-5-3-1-2-4-6(5)8(9)10;3*1-3-2;4*1-2/h2-4H,1H3;2-5,8H,1H3;2-5,9H,8H2,1H3;1-4H;3*1-2H3;4*1-2H3. The Kier molecular flexibility index (Phi) is 61.4. The van der Waals surface area contributed by atoms with Gasteiger partial charge >= 0.3 is 0 Å². The zero-order chi connectivity index (χ0) is 47.1. The lowest BCUT2D eigenvalue weighted by Crippen LogP contribution is -1.95. The monoisotopic (exact) mass is 948 g/mol. The van der Waals surface area contributed by atoms with Crippen LogP contribution in [0, 0.1) is 37.3 Å². The van der Waals surface area contributed by atoms with E-state index in [4.69, 9.17) is 5.73 Å². The minimum Gasteiger partial charge on any atom is -0.397 e. The Morgan fingerprint density at radius 3 is 1.09 bits per heavy atom. The van der Waals surface area contributed by atoms with Crippen LogP contribution in [0.25, 0.3) is 0 Å². The third kappa shape index (κ3) is 39.6. The first-order chi connectivity index (χ1) is 27.7. The second-order valence-corrected chi connectivity index (χ2v) is 10.7. The zero-order valence-corrected chi connectivity index (χ0v) is 40.7. The van der Waals surface area contributed by atoms with Crippen LogP contribution < -0.4 is 16.4 Å². The molecule has 0 aliphatic rings. The van der Waals surface area contributed by atoms with Crippen LogP contribution in [0.5, 0.6) is 0 Å². The predicted molar refractivity (Wildman–Crippen MR) is 254 cm³/mol. The Labute approximate surface area is 364 Å². The number of aryl methyl sites for hydroxylation is 1. The average molecular weight is 951 g/mol. The summed E-state index contributed by atoms with van der Waals surface area (Å²) in [4.78, 5) is 29.6. The van der Waals surface area contributed by atoms with Crippen LogP contribution in [-0.4, -0.2) is 71.5 Å². The van der Waals surface area contributed by atoms with Crippen molar-refractivity contribution in [2.45, 2.75) is 62.3 Å². The van der Waals surface area contributed by atoms with E-state index in [2.05, 4.69) is 56.7 Å². The van der Waals surface area contributed by atoms with Crippen molar-refractivity contribution in [2.24, 2.45) is 0 Å². The van der Waals surface area contributed by atoms with Gasteiger partial charge in [-0.15, -0.1) is 0 Å². The summed E-state index contributed by atoms with van der Waals surface area (Å²) in [6, 6.07) is 25.5. The molecule has 0 unspecified atom stereocenters. The number of hydrogen-bond donors (Lipinski definition) is 3. The lowest BCUT2D eigenvalue weighted by atomic mass is 10.2. The van der Waals surface area contributed by atoms with E-state index in [9.17, 15) is 30.3 Å². The van der Waals surface area contributed by atoms with Crippen molar-refractivity contribution in [3.63, 3.8) is 0 Å². The van der Waals surface area contributed by atoms with Gasteiger partial charge in [-0.3, -0.25) is 30.3 Å². The summed E-state index contributed by atoms with van der Waals surface area (Å²) in [5.41, 5.74) is 9.20. The number of para-hydroxylation sites is 5. The van der Waals surface area contributed by atoms with E-state index in [-0.39, 0.29) is 17.1 Å². The number of rotatable bonds is 5. The van der Waals surface area contributed by atoms with Gasteiger partial charge in [-0.25, -0.2) is 0 Å². The molecule has 4 rings (SSSR count). The van der Waals surface area contributed by atoms with Crippen molar-refractivity contribution in [3.8, 4) is 0 Å². The molecule has 0 fully saturated rings. The van der Waals surface area contributed by atoms with Gasteiger partial charge in [0.1, 0.15) is 5.69 Å². The topological polar surface area (TPSA) is 207 Å². The SMILES string of the molecule is CC.CC.CC.CC.CNc1ccccc1N.CNc1ccccc1[N+](=O)[O-].COC.COC.COC.Cc1ccc([N+](=O)[O-])c(Br)c1.O=[N+]([O-])c1ccccc1Br. The van der Waals surface area contributed by atoms with Crippen molar-refractivity contribution >= 4 is 66.0 Å². The normalized spacial score (nSPS) is 7.91. The van der Waals surface area contributed by atoms with E-state index in [0.717, 1.165) is 16.9 Å². The average Bonchev–Trinajstić information content (AvgIpc) is 3.22. The number of ether oxygens (including phenoxy) is 3. The van der Waals surface area contributed by atoms with Crippen molar-refractivity contribution in [2.75, 3.05) is 73.1 Å². The van der Waals surface area contributed by atoms with Gasteiger partial charge in [-0.1, -0.05) is 97.9 Å². The molecule has 0 aliphatic carbocycles. The van der Waals surface area contributed by atoms with E-state index < -0.39 is 14.8 Å². The van der Waals surface area contributed by atoms with E-state index in [1.165, 1.54) is 18.2 Å². The van der Waals surface area contributed by atoms with Gasteiger partial charge in [0.05, 0.1) is 35.1 Å². The second kappa shape index (κ2) is 52.3. The first-order valence-electron chi connectivity index (χ1n) is 18.1. The summed E-state index contributed by atoms with van der Waals surface area (Å²) in [6.45, 7) is 17.9. The molecule has 15 nitrogen and oxygen atoms in total. The van der Waals surface area contributed by atoms with Crippen LogP contribution in [0.1, 0.15) is 61.0 Å². The van der Waals surface area contributed by atoms with Gasteiger partial charge in [-0.2, -0.15) is 0 Å². The molecule has 0 aliphatic heterocycles. The van der Waals surface area contributed by atoms with Crippen molar-refractivity contribution in [1.29, 1.82) is 0 Å². The Morgan fingerprint density at radius 1 is 0.500 bits per heavy atom. The van der Waals surface area contributed by atoms with Crippen LogP contribution in [-0.2, 0) is 14.2 Å². The van der Waals surface area contributed by atoms with Crippen LogP contribution in [0.2, 0.25) is 0 Å². The number of nitro groups is 3. The lowest BCUT2D eigenvalue weighted by molar-refractivity contribution is -0.385. The number of methoxy groups -OCH3 is 3. The van der Waals surface area contributed by atoms with Crippen LogP contribution in [0.15, 0.2) is 99.9 Å². The molecular weight excluding hydrogens is 880 g/mol. The smallest absolute Gasteiger partial charge is 0.292 e. The molecule has 4 N–H and O–H groups in total. The molecule has 17 heteroatoms. The zero-order valence-electron chi connectivity index (χ0n) is 37.5. The number of hydrogen-bond acceptors (Lipinski definition) is 12. The van der Waals surface area contributed by atoms with Gasteiger partial charge < -0.3 is 30.6 Å². The molecular formula is C41H70Br2N6O9. The van der Waals surface area contributed by atoms with Gasteiger partial charge in [0, 0.05) is 75.0 Å². The minimum atomic E-state index is -0.427. The maximum atomic E-state index is 10.3. The summed E-state index contributed by atoms with van der Waals surface area (Å²) >= 11 is 6.16. The molecule has 0 aromatic heterocycles. The quantitative estimate of drug-likeness (QED) is 0.0970. The fraction of sp³-hybridized carbons (Fsp3) is 0.415. The molecule has 0 saturated carbocycles.